The molecule has 0 aliphatic rings. The Labute approximate surface area is 165 Å². The Bertz CT molecular complexity index is 1380. The van der Waals surface area contributed by atoms with E-state index in [2.05, 4.69) is 20.3 Å². The highest BCUT2D eigenvalue weighted by atomic mass is 16.2. The minimum atomic E-state index is -0.216. The van der Waals surface area contributed by atoms with E-state index in [1.54, 1.807) is 18.2 Å². The maximum absolute atomic E-state index is 12.5. The van der Waals surface area contributed by atoms with Crippen LogP contribution in [0, 0.1) is 0 Å². The van der Waals surface area contributed by atoms with Gasteiger partial charge in [0.2, 0.25) is 0 Å². The number of para-hydroxylation sites is 2. The first-order valence-corrected chi connectivity index (χ1v) is 9.16. The van der Waals surface area contributed by atoms with E-state index in [1.807, 2.05) is 60.7 Å². The minimum absolute atomic E-state index is 0.179. The molecule has 29 heavy (non-hydrogen) atoms. The first-order valence-electron chi connectivity index (χ1n) is 9.16. The van der Waals surface area contributed by atoms with Crippen molar-refractivity contribution in [3.05, 3.63) is 94.9 Å². The zero-order chi connectivity index (χ0) is 19.8. The molecule has 2 heterocycles. The van der Waals surface area contributed by atoms with E-state index >= 15 is 0 Å². The smallest absolute Gasteiger partial charge is 0.272 e. The summed E-state index contributed by atoms with van der Waals surface area (Å²) in [6, 6.07) is 24.0. The number of nitrogens with zero attached hydrogens (tertiary/aromatic N) is 1. The number of rotatable bonds is 3. The van der Waals surface area contributed by atoms with E-state index in [0.717, 1.165) is 16.5 Å². The summed E-state index contributed by atoms with van der Waals surface area (Å²) in [5.74, 6) is 0.272. The van der Waals surface area contributed by atoms with Crippen molar-refractivity contribution < 1.29 is 4.79 Å². The van der Waals surface area contributed by atoms with Gasteiger partial charge in [0, 0.05) is 22.2 Å². The molecule has 0 spiro atoms. The number of aromatic amines is 2. The van der Waals surface area contributed by atoms with Gasteiger partial charge in [0.25, 0.3) is 11.5 Å². The highest BCUT2D eigenvalue weighted by Gasteiger charge is 2.10. The molecule has 0 saturated heterocycles. The SMILES string of the molecule is O=C(Nc1ccc(-c2nc3ccccc3c(=O)[nH]2)cc1)c1cc2ccccc2[nH]1. The average molecular weight is 380 g/mol. The molecule has 0 aliphatic carbocycles. The Balaban J connectivity index is 1.40. The summed E-state index contributed by atoms with van der Waals surface area (Å²) >= 11 is 0. The second-order valence-electron chi connectivity index (χ2n) is 6.73. The Morgan fingerprint density at radius 1 is 0.862 bits per heavy atom. The zero-order valence-corrected chi connectivity index (χ0v) is 15.3. The lowest BCUT2D eigenvalue weighted by atomic mass is 10.1. The van der Waals surface area contributed by atoms with E-state index in [1.165, 1.54) is 0 Å². The number of hydrogen-bond acceptors (Lipinski definition) is 3. The topological polar surface area (TPSA) is 90.6 Å². The molecule has 0 unspecified atom stereocenters. The summed E-state index contributed by atoms with van der Waals surface area (Å²) in [6.45, 7) is 0. The molecule has 6 heteroatoms. The third-order valence-corrected chi connectivity index (χ3v) is 4.80. The van der Waals surface area contributed by atoms with Gasteiger partial charge in [0.15, 0.2) is 0 Å². The number of aromatic nitrogens is 3. The van der Waals surface area contributed by atoms with Crippen LogP contribution in [0.2, 0.25) is 0 Å². The Hall–Kier alpha value is -4.19. The molecule has 5 rings (SSSR count). The van der Waals surface area contributed by atoms with Crippen LogP contribution in [0.5, 0.6) is 0 Å². The zero-order valence-electron chi connectivity index (χ0n) is 15.3. The summed E-state index contributed by atoms with van der Waals surface area (Å²) in [5.41, 5.74) is 3.29. The Morgan fingerprint density at radius 2 is 1.62 bits per heavy atom. The standard InChI is InChI=1S/C23H16N4O2/c28-22-17-6-2-4-8-19(17)26-21(27-22)14-9-11-16(12-10-14)24-23(29)20-13-15-5-1-3-7-18(15)25-20/h1-13,25H,(H,24,29)(H,26,27,28). The first-order chi connectivity index (χ1) is 14.2. The molecule has 1 amide bonds. The molecule has 0 radical (unpaired) electrons. The fourth-order valence-corrected chi connectivity index (χ4v) is 3.33. The number of anilines is 1. The molecule has 3 aromatic carbocycles. The maximum atomic E-state index is 12.5. The quantitative estimate of drug-likeness (QED) is 0.435. The normalized spacial score (nSPS) is 11.0. The second-order valence-corrected chi connectivity index (χ2v) is 6.73. The number of carbonyl (C=O) groups is 1. The van der Waals surface area contributed by atoms with E-state index in [0.29, 0.717) is 28.1 Å². The first kappa shape index (κ1) is 16.9. The van der Waals surface area contributed by atoms with Gasteiger partial charge in [-0.1, -0.05) is 30.3 Å². The third kappa shape index (κ3) is 3.17. The van der Waals surface area contributed by atoms with Crippen LogP contribution in [-0.4, -0.2) is 20.9 Å². The highest BCUT2D eigenvalue weighted by molar-refractivity contribution is 6.06. The number of fused-ring (bicyclic) bond motifs is 2. The third-order valence-electron chi connectivity index (χ3n) is 4.80. The summed E-state index contributed by atoms with van der Waals surface area (Å²) in [6.07, 6.45) is 0. The largest absolute Gasteiger partial charge is 0.351 e. The molecule has 2 aromatic heterocycles. The van der Waals surface area contributed by atoms with Crippen LogP contribution >= 0.6 is 0 Å². The van der Waals surface area contributed by atoms with Crippen LogP contribution in [0.1, 0.15) is 10.5 Å². The van der Waals surface area contributed by atoms with Crippen molar-refractivity contribution >= 4 is 33.4 Å². The van der Waals surface area contributed by atoms with Gasteiger partial charge in [0.1, 0.15) is 11.5 Å². The van der Waals surface area contributed by atoms with Crippen LogP contribution < -0.4 is 10.9 Å². The van der Waals surface area contributed by atoms with Crippen LogP contribution in [0.25, 0.3) is 33.2 Å². The number of nitrogens with one attached hydrogen (secondary N) is 3. The Kier molecular flexibility index (Phi) is 3.95. The lowest BCUT2D eigenvalue weighted by Crippen LogP contribution is -2.12. The molecule has 0 saturated carbocycles. The van der Waals surface area contributed by atoms with Gasteiger partial charge in [-0.3, -0.25) is 9.59 Å². The van der Waals surface area contributed by atoms with Crippen LogP contribution in [-0.2, 0) is 0 Å². The fraction of sp³-hybridized carbons (Fsp3) is 0. The molecule has 0 aliphatic heterocycles. The average Bonchev–Trinajstić information content (AvgIpc) is 3.19. The van der Waals surface area contributed by atoms with Gasteiger partial charge in [-0.2, -0.15) is 0 Å². The van der Waals surface area contributed by atoms with E-state index in [-0.39, 0.29) is 11.5 Å². The molecule has 6 nitrogen and oxygen atoms in total. The monoisotopic (exact) mass is 380 g/mol. The van der Waals surface area contributed by atoms with Crippen molar-refractivity contribution in [3.8, 4) is 11.4 Å². The highest BCUT2D eigenvalue weighted by Crippen LogP contribution is 2.20. The fourth-order valence-electron chi connectivity index (χ4n) is 3.33. The molecule has 0 atom stereocenters. The number of H-pyrrole nitrogens is 2. The van der Waals surface area contributed by atoms with Crippen molar-refractivity contribution in [2.24, 2.45) is 0 Å². The van der Waals surface area contributed by atoms with Crippen LogP contribution in [0.4, 0.5) is 5.69 Å². The van der Waals surface area contributed by atoms with Gasteiger partial charge < -0.3 is 15.3 Å². The molecule has 5 aromatic rings. The predicted octanol–water partition coefficient (Wildman–Crippen LogP) is 4.32. The number of carbonyl (C=O) groups excluding carboxylic acids is 1. The van der Waals surface area contributed by atoms with E-state index in [9.17, 15) is 9.59 Å². The lowest BCUT2D eigenvalue weighted by Gasteiger charge is -2.06. The van der Waals surface area contributed by atoms with Crippen LogP contribution in [0.15, 0.2) is 83.7 Å². The van der Waals surface area contributed by atoms with Crippen molar-refractivity contribution in [3.63, 3.8) is 0 Å². The summed E-state index contributed by atoms with van der Waals surface area (Å²) < 4.78 is 0. The number of benzene rings is 3. The molecular weight excluding hydrogens is 364 g/mol. The van der Waals surface area contributed by atoms with E-state index < -0.39 is 0 Å². The molecule has 0 fully saturated rings. The van der Waals surface area contributed by atoms with Crippen molar-refractivity contribution in [2.75, 3.05) is 5.32 Å². The lowest BCUT2D eigenvalue weighted by molar-refractivity contribution is 0.102. The number of hydrogen-bond donors (Lipinski definition) is 3. The minimum Gasteiger partial charge on any atom is -0.351 e. The van der Waals surface area contributed by atoms with Gasteiger partial charge in [-0.05, 0) is 48.5 Å². The van der Waals surface area contributed by atoms with Gasteiger partial charge in [-0.25, -0.2) is 4.98 Å². The Morgan fingerprint density at radius 3 is 2.45 bits per heavy atom. The van der Waals surface area contributed by atoms with Gasteiger partial charge >= 0.3 is 0 Å². The van der Waals surface area contributed by atoms with Gasteiger partial charge in [0.05, 0.1) is 10.9 Å². The van der Waals surface area contributed by atoms with Crippen molar-refractivity contribution in [1.82, 2.24) is 15.0 Å². The number of amides is 1. The summed E-state index contributed by atoms with van der Waals surface area (Å²) in [4.78, 5) is 35.2. The van der Waals surface area contributed by atoms with E-state index in [4.69, 9.17) is 0 Å². The molecular formula is C23H16N4O2. The molecule has 3 N–H and O–H groups in total. The van der Waals surface area contributed by atoms with Gasteiger partial charge in [-0.15, -0.1) is 0 Å². The second kappa shape index (κ2) is 6.76. The van der Waals surface area contributed by atoms with Crippen LogP contribution in [0.3, 0.4) is 0 Å². The predicted molar refractivity (Wildman–Crippen MR) is 114 cm³/mol. The molecule has 0 bridgehead atoms. The summed E-state index contributed by atoms with van der Waals surface area (Å²) in [5, 5.41) is 4.42. The maximum Gasteiger partial charge on any atom is 0.272 e. The molecule has 140 valence electrons. The van der Waals surface area contributed by atoms with Crippen molar-refractivity contribution in [1.29, 1.82) is 0 Å². The van der Waals surface area contributed by atoms with Crippen molar-refractivity contribution in [2.45, 2.75) is 0 Å². The summed E-state index contributed by atoms with van der Waals surface area (Å²) in [7, 11) is 0.